The number of hydrogen-bond acceptors (Lipinski definition) is 2. The van der Waals surface area contributed by atoms with E-state index in [1.807, 2.05) is 37.2 Å². The molecule has 4 heteroatoms. The van der Waals surface area contributed by atoms with Crippen molar-refractivity contribution in [2.45, 2.75) is 38.5 Å². The van der Waals surface area contributed by atoms with Crippen LogP contribution in [-0.2, 0) is 16.0 Å². The minimum Gasteiger partial charge on any atom is -0.348 e. The molecule has 1 aliphatic heterocycles. The van der Waals surface area contributed by atoms with E-state index in [1.165, 1.54) is 5.56 Å². The lowest BCUT2D eigenvalue weighted by Gasteiger charge is -2.31. The highest BCUT2D eigenvalue weighted by Gasteiger charge is 2.47. The molecule has 0 aromatic heterocycles. The average Bonchev–Trinajstić information content (AvgIpc) is 3.45. The Bertz CT molecular complexity index is 902. The number of carbonyl (C=O) groups excluding carboxylic acids is 2. The number of rotatable bonds is 5. The van der Waals surface area contributed by atoms with Gasteiger partial charge in [-0.25, -0.2) is 0 Å². The molecule has 4 rings (SSSR count). The molecule has 2 fully saturated rings. The minimum absolute atomic E-state index is 0.134. The standard InChI is InChI=1S/C26H32N2O2/c1-27(2)25(30)26(15-16-28(19-26)24(29)22-12-6-7-13-22)18-20-9-8-14-23(17-20)21-10-4-3-5-11-21/h3-5,8-11,14,17,22H,6-7,12-13,15-16,18-19H2,1-2H3/t26-/m0/s1. The second-order valence-corrected chi connectivity index (χ2v) is 9.21. The zero-order chi connectivity index (χ0) is 21.1. The third-order valence-corrected chi connectivity index (χ3v) is 6.81. The molecule has 2 aromatic carbocycles. The van der Waals surface area contributed by atoms with Crippen molar-refractivity contribution in [2.24, 2.45) is 11.3 Å². The van der Waals surface area contributed by atoms with E-state index >= 15 is 0 Å². The van der Waals surface area contributed by atoms with Crippen molar-refractivity contribution in [3.63, 3.8) is 0 Å². The number of hydrogen-bond donors (Lipinski definition) is 0. The fourth-order valence-electron chi connectivity index (χ4n) is 5.24. The molecule has 1 aliphatic carbocycles. The topological polar surface area (TPSA) is 40.6 Å². The molecule has 2 aliphatic rings. The molecule has 30 heavy (non-hydrogen) atoms. The van der Waals surface area contributed by atoms with Crippen molar-refractivity contribution in [3.05, 3.63) is 60.2 Å². The van der Waals surface area contributed by atoms with E-state index in [0.717, 1.165) is 43.2 Å². The van der Waals surface area contributed by atoms with Gasteiger partial charge in [0.1, 0.15) is 0 Å². The summed E-state index contributed by atoms with van der Waals surface area (Å²) in [6, 6.07) is 18.8. The van der Waals surface area contributed by atoms with Gasteiger partial charge in [0.2, 0.25) is 11.8 Å². The summed E-state index contributed by atoms with van der Waals surface area (Å²) in [4.78, 5) is 30.0. The fourth-order valence-corrected chi connectivity index (χ4v) is 5.24. The summed E-state index contributed by atoms with van der Waals surface area (Å²) in [5.74, 6) is 0.560. The zero-order valence-corrected chi connectivity index (χ0v) is 18.1. The highest BCUT2D eigenvalue weighted by atomic mass is 16.2. The number of amides is 2. The number of carbonyl (C=O) groups is 2. The molecule has 0 unspecified atom stereocenters. The Balaban J connectivity index is 1.58. The monoisotopic (exact) mass is 404 g/mol. The van der Waals surface area contributed by atoms with Gasteiger partial charge in [-0.15, -0.1) is 0 Å². The van der Waals surface area contributed by atoms with Crippen LogP contribution in [0.5, 0.6) is 0 Å². The summed E-state index contributed by atoms with van der Waals surface area (Å²) in [5, 5.41) is 0. The average molecular weight is 405 g/mol. The van der Waals surface area contributed by atoms with Crippen LogP contribution in [0, 0.1) is 11.3 Å². The van der Waals surface area contributed by atoms with Crippen LogP contribution >= 0.6 is 0 Å². The molecule has 4 nitrogen and oxygen atoms in total. The summed E-state index contributed by atoms with van der Waals surface area (Å²) in [6.07, 6.45) is 5.71. The summed E-state index contributed by atoms with van der Waals surface area (Å²) >= 11 is 0. The lowest BCUT2D eigenvalue weighted by Crippen LogP contribution is -2.45. The quantitative estimate of drug-likeness (QED) is 0.741. The van der Waals surface area contributed by atoms with Gasteiger partial charge >= 0.3 is 0 Å². The Morgan fingerprint density at radius 3 is 2.40 bits per heavy atom. The number of benzene rings is 2. The minimum atomic E-state index is -0.535. The van der Waals surface area contributed by atoms with Gasteiger partial charge < -0.3 is 9.80 Å². The first-order chi connectivity index (χ1) is 14.5. The Hall–Kier alpha value is -2.62. The van der Waals surface area contributed by atoms with Crippen molar-refractivity contribution < 1.29 is 9.59 Å². The van der Waals surface area contributed by atoms with Crippen molar-refractivity contribution >= 4 is 11.8 Å². The second-order valence-electron chi connectivity index (χ2n) is 9.21. The summed E-state index contributed by atoms with van der Waals surface area (Å²) in [6.45, 7) is 1.22. The Morgan fingerprint density at radius 2 is 1.70 bits per heavy atom. The largest absolute Gasteiger partial charge is 0.348 e. The molecule has 2 aromatic rings. The Kier molecular flexibility index (Phi) is 5.94. The van der Waals surface area contributed by atoms with E-state index in [-0.39, 0.29) is 17.7 Å². The smallest absolute Gasteiger partial charge is 0.230 e. The van der Waals surface area contributed by atoms with Gasteiger partial charge in [0.05, 0.1) is 5.41 Å². The molecular weight excluding hydrogens is 372 g/mol. The molecule has 1 saturated heterocycles. The molecule has 0 spiro atoms. The van der Waals surface area contributed by atoms with E-state index < -0.39 is 5.41 Å². The molecule has 2 amide bonds. The van der Waals surface area contributed by atoms with Gasteiger partial charge in [0, 0.05) is 33.1 Å². The molecule has 1 atom stereocenters. The first-order valence-electron chi connectivity index (χ1n) is 11.1. The Morgan fingerprint density at radius 1 is 1.00 bits per heavy atom. The van der Waals surface area contributed by atoms with Crippen LogP contribution in [0.25, 0.3) is 11.1 Å². The maximum atomic E-state index is 13.3. The highest BCUT2D eigenvalue weighted by Crippen LogP contribution is 2.38. The van der Waals surface area contributed by atoms with Crippen LogP contribution in [-0.4, -0.2) is 48.8 Å². The Labute approximate surface area is 179 Å². The molecule has 0 bridgehead atoms. The third kappa shape index (κ3) is 4.14. The summed E-state index contributed by atoms with van der Waals surface area (Å²) in [7, 11) is 3.65. The van der Waals surface area contributed by atoms with Crippen LogP contribution in [0.15, 0.2) is 54.6 Å². The molecular formula is C26H32N2O2. The SMILES string of the molecule is CN(C)C(=O)[C@]1(Cc2cccc(-c3ccccc3)c2)CCN(C(=O)C2CCCC2)C1. The van der Waals surface area contributed by atoms with Gasteiger partial charge in [-0.05, 0) is 42.4 Å². The van der Waals surface area contributed by atoms with Crippen molar-refractivity contribution in [1.82, 2.24) is 9.80 Å². The zero-order valence-electron chi connectivity index (χ0n) is 18.1. The van der Waals surface area contributed by atoms with E-state index in [2.05, 4.69) is 36.4 Å². The van der Waals surface area contributed by atoms with E-state index in [0.29, 0.717) is 19.5 Å². The van der Waals surface area contributed by atoms with Crippen LogP contribution in [0.3, 0.4) is 0 Å². The van der Waals surface area contributed by atoms with Crippen LogP contribution in [0.4, 0.5) is 0 Å². The first-order valence-corrected chi connectivity index (χ1v) is 11.1. The van der Waals surface area contributed by atoms with Gasteiger partial charge in [-0.2, -0.15) is 0 Å². The van der Waals surface area contributed by atoms with E-state index in [1.54, 1.807) is 4.90 Å². The van der Waals surface area contributed by atoms with Gasteiger partial charge in [0.15, 0.2) is 0 Å². The second kappa shape index (κ2) is 8.63. The molecule has 158 valence electrons. The van der Waals surface area contributed by atoms with E-state index in [9.17, 15) is 9.59 Å². The van der Waals surface area contributed by atoms with Crippen molar-refractivity contribution in [1.29, 1.82) is 0 Å². The molecule has 1 saturated carbocycles. The predicted octanol–water partition coefficient (Wildman–Crippen LogP) is 4.39. The first kappa shape index (κ1) is 20.6. The fraction of sp³-hybridized carbons (Fsp3) is 0.462. The predicted molar refractivity (Wildman–Crippen MR) is 120 cm³/mol. The molecule has 0 radical (unpaired) electrons. The van der Waals surface area contributed by atoms with Gasteiger partial charge in [-0.1, -0.05) is 67.4 Å². The van der Waals surface area contributed by atoms with Crippen molar-refractivity contribution in [3.8, 4) is 11.1 Å². The normalized spacial score (nSPS) is 21.7. The van der Waals surface area contributed by atoms with Crippen LogP contribution in [0.2, 0.25) is 0 Å². The lowest BCUT2D eigenvalue weighted by atomic mass is 9.79. The van der Waals surface area contributed by atoms with E-state index in [4.69, 9.17) is 0 Å². The summed E-state index contributed by atoms with van der Waals surface area (Å²) < 4.78 is 0. The maximum absolute atomic E-state index is 13.3. The number of nitrogens with zero attached hydrogens (tertiary/aromatic N) is 2. The van der Waals surface area contributed by atoms with Crippen LogP contribution in [0.1, 0.15) is 37.7 Å². The molecule has 1 heterocycles. The third-order valence-electron chi connectivity index (χ3n) is 6.81. The number of likely N-dealkylation sites (tertiary alicyclic amines) is 1. The van der Waals surface area contributed by atoms with Crippen LogP contribution < -0.4 is 0 Å². The summed E-state index contributed by atoms with van der Waals surface area (Å²) in [5.41, 5.74) is 2.96. The maximum Gasteiger partial charge on any atom is 0.230 e. The van der Waals surface area contributed by atoms with Gasteiger partial charge in [0.25, 0.3) is 0 Å². The molecule has 0 N–H and O–H groups in total. The lowest BCUT2D eigenvalue weighted by molar-refractivity contribution is -0.140. The van der Waals surface area contributed by atoms with Gasteiger partial charge in [-0.3, -0.25) is 9.59 Å². The van der Waals surface area contributed by atoms with Crippen molar-refractivity contribution in [2.75, 3.05) is 27.2 Å². The highest BCUT2D eigenvalue weighted by molar-refractivity contribution is 5.86.